The second-order valence-corrected chi connectivity index (χ2v) is 5.77. The van der Waals surface area contributed by atoms with Gasteiger partial charge in [-0.2, -0.15) is 13.2 Å². The van der Waals surface area contributed by atoms with Gasteiger partial charge in [-0.05, 0) is 42.5 Å². The molecule has 0 aliphatic carbocycles. The summed E-state index contributed by atoms with van der Waals surface area (Å²) in [4.78, 5) is 11.8. The van der Waals surface area contributed by atoms with Gasteiger partial charge in [0.05, 0.1) is 12.1 Å². The molecule has 0 atom stereocenters. The Kier molecular flexibility index (Phi) is 6.48. The first kappa shape index (κ1) is 18.9. The van der Waals surface area contributed by atoms with Crippen molar-refractivity contribution in [3.63, 3.8) is 0 Å². The first-order chi connectivity index (χ1) is 11.9. The molecule has 0 radical (unpaired) electrons. The van der Waals surface area contributed by atoms with Gasteiger partial charge in [0, 0.05) is 10.0 Å². The van der Waals surface area contributed by atoms with Crippen LogP contribution in [0.5, 0.6) is 5.75 Å². The van der Waals surface area contributed by atoms with Gasteiger partial charge in [-0.25, -0.2) is 0 Å². The van der Waals surface area contributed by atoms with E-state index < -0.39 is 17.6 Å². The molecule has 0 spiro atoms. The third-order valence-corrected chi connectivity index (χ3v) is 3.54. The molecule has 0 saturated carbocycles. The van der Waals surface area contributed by atoms with Gasteiger partial charge in [0.1, 0.15) is 12.4 Å². The predicted molar refractivity (Wildman–Crippen MR) is 91.2 cm³/mol. The lowest BCUT2D eigenvalue weighted by Crippen LogP contribution is -2.23. The van der Waals surface area contributed by atoms with Crippen molar-refractivity contribution in [2.45, 2.75) is 6.18 Å². The second-order valence-electron chi connectivity index (χ2n) is 4.86. The number of hydrogen-bond donors (Lipinski definition) is 1. The molecule has 1 N–H and O–H groups in total. The van der Waals surface area contributed by atoms with Crippen molar-refractivity contribution in [1.82, 2.24) is 5.32 Å². The van der Waals surface area contributed by atoms with E-state index in [0.717, 1.165) is 28.7 Å². The Labute approximate surface area is 151 Å². The van der Waals surface area contributed by atoms with E-state index in [9.17, 15) is 18.0 Å². The number of ether oxygens (including phenoxy) is 1. The van der Waals surface area contributed by atoms with E-state index in [1.54, 1.807) is 12.1 Å². The number of alkyl halides is 3. The minimum atomic E-state index is -4.42. The zero-order chi connectivity index (χ0) is 18.3. The molecule has 3 nitrogen and oxygen atoms in total. The molecule has 2 aromatic rings. The van der Waals surface area contributed by atoms with Crippen molar-refractivity contribution >= 4 is 21.8 Å². The lowest BCUT2D eigenvalue weighted by molar-refractivity contribution is -0.137. The maximum Gasteiger partial charge on any atom is 0.416 e. The highest BCUT2D eigenvalue weighted by atomic mass is 79.9. The third-order valence-electron chi connectivity index (χ3n) is 3.04. The van der Waals surface area contributed by atoms with Crippen LogP contribution in [0.1, 0.15) is 15.9 Å². The average Bonchev–Trinajstić information content (AvgIpc) is 2.57. The molecule has 2 rings (SSSR count). The van der Waals surface area contributed by atoms with Crippen molar-refractivity contribution < 1.29 is 22.7 Å². The van der Waals surface area contributed by atoms with Crippen LogP contribution in [0.2, 0.25) is 0 Å². The monoisotopic (exact) mass is 411 g/mol. The van der Waals surface area contributed by atoms with Crippen molar-refractivity contribution in [1.29, 1.82) is 0 Å². The van der Waals surface area contributed by atoms with E-state index in [4.69, 9.17) is 4.74 Å². The summed E-state index contributed by atoms with van der Waals surface area (Å²) in [6.45, 7) is 0.230. The SMILES string of the molecule is O=C(NCC#CCOc1cccc(Br)c1)c1ccc(C(F)(F)F)cc1. The van der Waals surface area contributed by atoms with Gasteiger partial charge < -0.3 is 10.1 Å². The fraction of sp³-hybridized carbons (Fsp3) is 0.167. The summed E-state index contributed by atoms with van der Waals surface area (Å²) in [6, 6.07) is 11.3. The number of nitrogens with one attached hydrogen (secondary N) is 1. The van der Waals surface area contributed by atoms with Crippen LogP contribution in [0.4, 0.5) is 13.2 Å². The smallest absolute Gasteiger partial charge is 0.416 e. The molecule has 1 amide bonds. The molecule has 0 saturated heterocycles. The van der Waals surface area contributed by atoms with Crippen LogP contribution in [0.3, 0.4) is 0 Å². The number of rotatable bonds is 4. The Morgan fingerprint density at radius 3 is 2.48 bits per heavy atom. The standard InChI is InChI=1S/C18H13BrF3NO2/c19-15-4-3-5-16(12-15)25-11-2-1-10-23-17(24)13-6-8-14(9-7-13)18(20,21)22/h3-9,12H,10-11H2,(H,23,24). The summed E-state index contributed by atoms with van der Waals surface area (Å²) >= 11 is 3.32. The Bertz CT molecular complexity index is 792. The van der Waals surface area contributed by atoms with Crippen LogP contribution in [-0.4, -0.2) is 19.1 Å². The highest BCUT2D eigenvalue weighted by Gasteiger charge is 2.30. The lowest BCUT2D eigenvalue weighted by atomic mass is 10.1. The summed E-state index contributed by atoms with van der Waals surface area (Å²) in [5, 5.41) is 2.51. The molecule has 0 fully saturated rings. The Balaban J connectivity index is 1.77. The Hall–Kier alpha value is -2.46. The van der Waals surface area contributed by atoms with Crippen LogP contribution < -0.4 is 10.1 Å². The van der Waals surface area contributed by atoms with Crippen molar-refractivity contribution in [2.24, 2.45) is 0 Å². The molecular formula is C18H13BrF3NO2. The minimum absolute atomic E-state index is 0.0711. The zero-order valence-corrected chi connectivity index (χ0v) is 14.4. The highest BCUT2D eigenvalue weighted by Crippen LogP contribution is 2.29. The molecular weight excluding hydrogens is 399 g/mol. The van der Waals surface area contributed by atoms with Crippen LogP contribution in [0.15, 0.2) is 53.0 Å². The van der Waals surface area contributed by atoms with Gasteiger partial charge in [-0.3, -0.25) is 4.79 Å². The van der Waals surface area contributed by atoms with Gasteiger partial charge in [0.15, 0.2) is 0 Å². The first-order valence-electron chi connectivity index (χ1n) is 7.16. The zero-order valence-electron chi connectivity index (χ0n) is 12.9. The van der Waals surface area contributed by atoms with Crippen molar-refractivity contribution in [3.05, 3.63) is 64.1 Å². The molecule has 0 aliphatic rings. The van der Waals surface area contributed by atoms with E-state index in [0.29, 0.717) is 5.75 Å². The third kappa shape index (κ3) is 6.16. The molecule has 130 valence electrons. The fourth-order valence-corrected chi connectivity index (χ4v) is 2.21. The van der Waals surface area contributed by atoms with Crippen LogP contribution in [-0.2, 0) is 6.18 Å². The minimum Gasteiger partial charge on any atom is -0.481 e. The van der Waals surface area contributed by atoms with Crippen LogP contribution >= 0.6 is 15.9 Å². The maximum atomic E-state index is 12.5. The van der Waals surface area contributed by atoms with E-state index in [1.165, 1.54) is 0 Å². The molecule has 2 aromatic carbocycles. The lowest BCUT2D eigenvalue weighted by Gasteiger charge is -2.07. The number of benzene rings is 2. The normalized spacial score (nSPS) is 10.6. The topological polar surface area (TPSA) is 38.3 Å². The summed E-state index contributed by atoms with van der Waals surface area (Å²) in [5.74, 6) is 5.62. The number of hydrogen-bond acceptors (Lipinski definition) is 2. The highest BCUT2D eigenvalue weighted by molar-refractivity contribution is 9.10. The summed E-state index contributed by atoms with van der Waals surface area (Å²) in [5.41, 5.74) is -0.659. The van der Waals surface area contributed by atoms with E-state index in [2.05, 4.69) is 33.1 Å². The van der Waals surface area contributed by atoms with Gasteiger partial charge in [-0.1, -0.05) is 33.8 Å². The fourth-order valence-electron chi connectivity index (χ4n) is 1.83. The van der Waals surface area contributed by atoms with Gasteiger partial charge >= 0.3 is 6.18 Å². The molecule has 0 bridgehead atoms. The molecule has 0 aliphatic heterocycles. The summed E-state index contributed by atoms with van der Waals surface area (Å²) < 4.78 is 43.7. The van der Waals surface area contributed by atoms with Gasteiger partial charge in [0.2, 0.25) is 0 Å². The molecule has 0 heterocycles. The molecule has 0 aromatic heterocycles. The Morgan fingerprint density at radius 1 is 1.12 bits per heavy atom. The number of carbonyl (C=O) groups excluding carboxylic acids is 1. The quantitative estimate of drug-likeness (QED) is 0.762. The maximum absolute atomic E-state index is 12.5. The van der Waals surface area contributed by atoms with Gasteiger partial charge in [0.25, 0.3) is 5.91 Å². The van der Waals surface area contributed by atoms with Crippen LogP contribution in [0.25, 0.3) is 0 Å². The number of carbonyl (C=O) groups is 1. The molecule has 7 heteroatoms. The molecule has 25 heavy (non-hydrogen) atoms. The summed E-state index contributed by atoms with van der Waals surface area (Å²) in [6.07, 6.45) is -4.42. The largest absolute Gasteiger partial charge is 0.481 e. The van der Waals surface area contributed by atoms with E-state index in [-0.39, 0.29) is 18.7 Å². The van der Waals surface area contributed by atoms with Crippen molar-refractivity contribution in [3.8, 4) is 17.6 Å². The Morgan fingerprint density at radius 2 is 1.84 bits per heavy atom. The average molecular weight is 412 g/mol. The predicted octanol–water partition coefficient (Wildman–Crippen LogP) is 4.28. The van der Waals surface area contributed by atoms with Gasteiger partial charge in [-0.15, -0.1) is 0 Å². The summed E-state index contributed by atoms with van der Waals surface area (Å²) in [7, 11) is 0. The second kappa shape index (κ2) is 8.58. The van der Waals surface area contributed by atoms with Crippen molar-refractivity contribution in [2.75, 3.05) is 13.2 Å². The number of amides is 1. The first-order valence-corrected chi connectivity index (χ1v) is 7.95. The molecule has 0 unspecified atom stereocenters. The van der Waals surface area contributed by atoms with E-state index >= 15 is 0 Å². The van der Waals surface area contributed by atoms with E-state index in [1.807, 2.05) is 12.1 Å². The number of halogens is 4. The van der Waals surface area contributed by atoms with Crippen LogP contribution in [0, 0.1) is 11.8 Å².